The fourth-order valence-electron chi connectivity index (χ4n) is 1.80. The summed E-state index contributed by atoms with van der Waals surface area (Å²) in [5.74, 6) is 0. The van der Waals surface area contributed by atoms with Gasteiger partial charge in [0.25, 0.3) is 6.43 Å². The van der Waals surface area contributed by atoms with Gasteiger partial charge in [-0.1, -0.05) is 44.5 Å². The minimum Gasteiger partial charge on any atom is -0.306 e. The molecule has 0 bridgehead atoms. The Labute approximate surface area is 95.9 Å². The largest absolute Gasteiger partial charge is 0.306 e. The third kappa shape index (κ3) is 3.56. The molecule has 1 N–H and O–H groups in total. The van der Waals surface area contributed by atoms with Gasteiger partial charge in [-0.3, -0.25) is 0 Å². The van der Waals surface area contributed by atoms with E-state index in [-0.39, 0.29) is 0 Å². The smallest absolute Gasteiger partial charge is 0.257 e. The number of halogens is 2. The molecule has 1 unspecified atom stereocenters. The highest BCUT2D eigenvalue weighted by molar-refractivity contribution is 5.26. The fourth-order valence-corrected chi connectivity index (χ4v) is 1.80. The monoisotopic (exact) mass is 227 g/mol. The summed E-state index contributed by atoms with van der Waals surface area (Å²) in [5, 5.41) is 2.82. The average Bonchev–Trinajstić information content (AvgIpc) is 2.26. The number of hydrogen-bond acceptors (Lipinski definition) is 1. The highest BCUT2D eigenvalue weighted by Crippen LogP contribution is 2.21. The minimum absolute atomic E-state index is 0.549. The van der Waals surface area contributed by atoms with Gasteiger partial charge in [-0.25, -0.2) is 8.78 Å². The Balaban J connectivity index is 2.86. The normalized spacial score (nSPS) is 13.1. The molecule has 1 aromatic carbocycles. The Morgan fingerprint density at radius 2 is 2.00 bits per heavy atom. The lowest BCUT2D eigenvalue weighted by atomic mass is 10.0. The fraction of sp³-hybridized carbons (Fsp3) is 0.538. The second-order valence-electron chi connectivity index (χ2n) is 3.86. The van der Waals surface area contributed by atoms with Gasteiger partial charge in [0, 0.05) is 0 Å². The van der Waals surface area contributed by atoms with Crippen molar-refractivity contribution in [3.05, 3.63) is 35.4 Å². The Morgan fingerprint density at radius 1 is 1.25 bits per heavy atom. The number of alkyl halides is 2. The Hall–Kier alpha value is -0.960. The maximum absolute atomic E-state index is 12.8. The van der Waals surface area contributed by atoms with E-state index >= 15 is 0 Å². The summed E-state index contributed by atoms with van der Waals surface area (Å²) < 4.78 is 25.7. The summed E-state index contributed by atoms with van der Waals surface area (Å²) in [6.07, 6.45) is -0.392. The molecular formula is C13H19F2N. The summed E-state index contributed by atoms with van der Waals surface area (Å²) in [7, 11) is 0. The molecule has 3 heteroatoms. The van der Waals surface area contributed by atoms with Crippen molar-refractivity contribution in [3.8, 4) is 0 Å². The van der Waals surface area contributed by atoms with Crippen LogP contribution in [0, 0.1) is 0 Å². The first-order valence-corrected chi connectivity index (χ1v) is 5.79. The van der Waals surface area contributed by atoms with Crippen molar-refractivity contribution in [1.29, 1.82) is 0 Å². The molecular weight excluding hydrogens is 208 g/mol. The minimum atomic E-state index is -2.36. The molecule has 90 valence electrons. The lowest BCUT2D eigenvalue weighted by Gasteiger charge is -2.18. The summed E-state index contributed by atoms with van der Waals surface area (Å²) in [4.78, 5) is 0. The highest BCUT2D eigenvalue weighted by Gasteiger charge is 2.20. The van der Waals surface area contributed by atoms with Crippen LogP contribution in [0.2, 0.25) is 0 Å². The third-order valence-electron chi connectivity index (χ3n) is 2.52. The molecule has 1 rings (SSSR count). The molecule has 0 aliphatic carbocycles. The van der Waals surface area contributed by atoms with Crippen LogP contribution in [0.5, 0.6) is 0 Å². The third-order valence-corrected chi connectivity index (χ3v) is 2.52. The molecule has 16 heavy (non-hydrogen) atoms. The molecule has 1 nitrogen and oxygen atoms in total. The molecule has 1 aromatic rings. The van der Waals surface area contributed by atoms with Crippen LogP contribution in [0.25, 0.3) is 0 Å². The van der Waals surface area contributed by atoms with Crippen LogP contribution in [0.4, 0.5) is 8.78 Å². The molecule has 0 heterocycles. The molecule has 0 aromatic heterocycles. The first-order valence-electron chi connectivity index (χ1n) is 5.79. The Kier molecular flexibility index (Phi) is 5.39. The van der Waals surface area contributed by atoms with Crippen LogP contribution in [0.15, 0.2) is 24.3 Å². The van der Waals surface area contributed by atoms with Crippen LogP contribution in [0.1, 0.15) is 37.4 Å². The van der Waals surface area contributed by atoms with E-state index in [0.717, 1.165) is 18.4 Å². The van der Waals surface area contributed by atoms with Crippen molar-refractivity contribution in [2.24, 2.45) is 0 Å². The number of hydrogen-bond donors (Lipinski definition) is 1. The van der Waals surface area contributed by atoms with Crippen LogP contribution >= 0.6 is 0 Å². The number of nitrogens with one attached hydrogen (secondary N) is 1. The van der Waals surface area contributed by atoms with Crippen molar-refractivity contribution in [2.45, 2.75) is 39.2 Å². The van der Waals surface area contributed by atoms with Gasteiger partial charge in [0.2, 0.25) is 0 Å². The molecule has 0 amide bonds. The van der Waals surface area contributed by atoms with E-state index in [1.165, 1.54) is 0 Å². The van der Waals surface area contributed by atoms with Gasteiger partial charge in [-0.2, -0.15) is 0 Å². The topological polar surface area (TPSA) is 12.0 Å². The van der Waals surface area contributed by atoms with Gasteiger partial charge in [-0.15, -0.1) is 0 Å². The summed E-state index contributed by atoms with van der Waals surface area (Å²) in [6, 6.07) is 6.64. The van der Waals surface area contributed by atoms with Gasteiger partial charge in [0.05, 0.1) is 6.04 Å². The van der Waals surface area contributed by atoms with Gasteiger partial charge in [-0.05, 0) is 24.1 Å². The van der Waals surface area contributed by atoms with E-state index in [2.05, 4.69) is 12.2 Å². The summed E-state index contributed by atoms with van der Waals surface area (Å²) >= 11 is 0. The second-order valence-corrected chi connectivity index (χ2v) is 3.86. The van der Waals surface area contributed by atoms with E-state index in [1.807, 2.05) is 25.1 Å². The number of aryl methyl sites for hydroxylation is 1. The lowest BCUT2D eigenvalue weighted by Crippen LogP contribution is -2.27. The molecule has 0 fully saturated rings. The first-order chi connectivity index (χ1) is 7.69. The molecule has 1 atom stereocenters. The lowest BCUT2D eigenvalue weighted by molar-refractivity contribution is 0.0992. The van der Waals surface area contributed by atoms with Gasteiger partial charge >= 0.3 is 0 Å². The van der Waals surface area contributed by atoms with E-state index in [1.54, 1.807) is 6.07 Å². The number of rotatable bonds is 6. The number of benzene rings is 1. The molecule has 0 spiro atoms. The van der Waals surface area contributed by atoms with Crippen molar-refractivity contribution in [3.63, 3.8) is 0 Å². The van der Waals surface area contributed by atoms with Crippen molar-refractivity contribution < 1.29 is 8.78 Å². The van der Waals surface area contributed by atoms with Crippen molar-refractivity contribution in [1.82, 2.24) is 5.32 Å². The first kappa shape index (κ1) is 13.1. The van der Waals surface area contributed by atoms with Crippen molar-refractivity contribution >= 4 is 0 Å². The van der Waals surface area contributed by atoms with Crippen LogP contribution in [0.3, 0.4) is 0 Å². The summed E-state index contributed by atoms with van der Waals surface area (Å²) in [5.41, 5.74) is 1.81. The molecule has 0 aliphatic heterocycles. The maximum atomic E-state index is 12.8. The Morgan fingerprint density at radius 3 is 2.56 bits per heavy atom. The zero-order valence-corrected chi connectivity index (χ0v) is 9.84. The highest BCUT2D eigenvalue weighted by atomic mass is 19.3. The molecule has 0 aliphatic rings. The average molecular weight is 227 g/mol. The van der Waals surface area contributed by atoms with E-state index < -0.39 is 12.5 Å². The van der Waals surface area contributed by atoms with E-state index in [4.69, 9.17) is 0 Å². The predicted octanol–water partition coefficient (Wildman–Crippen LogP) is 3.55. The van der Waals surface area contributed by atoms with Gasteiger partial charge < -0.3 is 5.32 Å². The summed E-state index contributed by atoms with van der Waals surface area (Å²) in [6.45, 7) is 4.47. The Bertz CT molecular complexity index is 313. The van der Waals surface area contributed by atoms with E-state index in [0.29, 0.717) is 12.1 Å². The van der Waals surface area contributed by atoms with E-state index in [9.17, 15) is 8.78 Å². The molecule has 0 saturated carbocycles. The zero-order chi connectivity index (χ0) is 12.0. The van der Waals surface area contributed by atoms with Crippen LogP contribution in [-0.2, 0) is 6.42 Å². The molecule has 0 radical (unpaired) electrons. The quantitative estimate of drug-likeness (QED) is 0.783. The van der Waals surface area contributed by atoms with Crippen molar-refractivity contribution in [2.75, 3.05) is 6.54 Å². The molecule has 0 saturated heterocycles. The van der Waals surface area contributed by atoms with Crippen LogP contribution in [-0.4, -0.2) is 13.0 Å². The van der Waals surface area contributed by atoms with Crippen LogP contribution < -0.4 is 5.32 Å². The maximum Gasteiger partial charge on any atom is 0.257 e. The van der Waals surface area contributed by atoms with Gasteiger partial charge in [0.1, 0.15) is 0 Å². The predicted molar refractivity (Wildman–Crippen MR) is 62.9 cm³/mol. The van der Waals surface area contributed by atoms with Gasteiger partial charge in [0.15, 0.2) is 0 Å². The zero-order valence-electron chi connectivity index (χ0n) is 9.84. The standard InChI is InChI=1S/C13H19F2N/c1-3-6-10-7-5-8-11(9-10)12(13(14)15)16-4-2/h5,7-9,12-13,16H,3-4,6H2,1-2H3. The second kappa shape index (κ2) is 6.59. The SMILES string of the molecule is CCCc1cccc(C(NCC)C(F)F)c1.